The van der Waals surface area contributed by atoms with Gasteiger partial charge in [-0.2, -0.15) is 0 Å². The lowest BCUT2D eigenvalue weighted by atomic mass is 10.3. The number of nitrogens with zero attached hydrogens (tertiary/aromatic N) is 2. The highest BCUT2D eigenvalue weighted by atomic mass is 35.5. The van der Waals surface area contributed by atoms with Crippen LogP contribution < -0.4 is 5.73 Å². The Morgan fingerprint density at radius 1 is 1.50 bits per heavy atom. The summed E-state index contributed by atoms with van der Waals surface area (Å²) < 4.78 is 15.2. The first-order chi connectivity index (χ1) is 7.58. The standard InChI is InChI=1S/C11H11ClFN3/c1-7(14)10-5-16(6-15-10)11-3-2-8(12)4-9(11)13/h2-7H,14H2,1H3. The van der Waals surface area contributed by atoms with Gasteiger partial charge in [0.15, 0.2) is 0 Å². The van der Waals surface area contributed by atoms with E-state index in [0.29, 0.717) is 16.4 Å². The molecule has 0 fully saturated rings. The van der Waals surface area contributed by atoms with Crippen LogP contribution in [0, 0.1) is 5.82 Å². The minimum Gasteiger partial charge on any atom is -0.323 e. The second-order valence-electron chi connectivity index (χ2n) is 3.59. The number of rotatable bonds is 2. The highest BCUT2D eigenvalue weighted by Gasteiger charge is 2.08. The molecule has 0 aliphatic heterocycles. The van der Waals surface area contributed by atoms with E-state index in [2.05, 4.69) is 4.98 Å². The van der Waals surface area contributed by atoms with E-state index >= 15 is 0 Å². The lowest BCUT2D eigenvalue weighted by Crippen LogP contribution is -2.05. The van der Waals surface area contributed by atoms with E-state index in [1.54, 1.807) is 22.9 Å². The van der Waals surface area contributed by atoms with Crippen LogP contribution in [0.5, 0.6) is 0 Å². The van der Waals surface area contributed by atoms with E-state index in [1.807, 2.05) is 6.92 Å². The molecular weight excluding hydrogens is 229 g/mol. The third-order valence-corrected chi connectivity index (χ3v) is 2.49. The first-order valence-corrected chi connectivity index (χ1v) is 5.20. The Morgan fingerprint density at radius 3 is 2.81 bits per heavy atom. The SMILES string of the molecule is CC(N)c1cn(-c2ccc(Cl)cc2F)cn1. The summed E-state index contributed by atoms with van der Waals surface area (Å²) >= 11 is 5.68. The smallest absolute Gasteiger partial charge is 0.148 e. The summed E-state index contributed by atoms with van der Waals surface area (Å²) in [6.45, 7) is 1.82. The minimum atomic E-state index is -0.388. The van der Waals surface area contributed by atoms with Crippen molar-refractivity contribution >= 4 is 11.6 Å². The third kappa shape index (κ3) is 2.08. The summed E-state index contributed by atoms with van der Waals surface area (Å²) in [5.74, 6) is -0.388. The molecule has 1 aromatic carbocycles. The monoisotopic (exact) mass is 239 g/mol. The van der Waals surface area contributed by atoms with Crippen molar-refractivity contribution in [3.63, 3.8) is 0 Å². The van der Waals surface area contributed by atoms with Gasteiger partial charge in [0.2, 0.25) is 0 Å². The maximum absolute atomic E-state index is 13.6. The second-order valence-corrected chi connectivity index (χ2v) is 4.03. The fraction of sp³-hybridized carbons (Fsp3) is 0.182. The first kappa shape index (κ1) is 11.1. The lowest BCUT2D eigenvalue weighted by Gasteiger charge is -2.04. The summed E-state index contributed by atoms with van der Waals surface area (Å²) in [4.78, 5) is 4.09. The summed E-state index contributed by atoms with van der Waals surface area (Å²) in [6, 6.07) is 4.33. The summed E-state index contributed by atoms with van der Waals surface area (Å²) in [5, 5.41) is 0.369. The van der Waals surface area contributed by atoms with E-state index in [4.69, 9.17) is 17.3 Å². The van der Waals surface area contributed by atoms with Gasteiger partial charge in [-0.3, -0.25) is 0 Å². The lowest BCUT2D eigenvalue weighted by molar-refractivity contribution is 0.618. The van der Waals surface area contributed by atoms with Crippen molar-refractivity contribution in [2.45, 2.75) is 13.0 Å². The van der Waals surface area contributed by atoms with Gasteiger partial charge in [0, 0.05) is 17.3 Å². The zero-order chi connectivity index (χ0) is 11.7. The summed E-state index contributed by atoms with van der Waals surface area (Å²) in [6.07, 6.45) is 3.24. The molecule has 2 aromatic rings. The number of nitrogens with two attached hydrogens (primary N) is 1. The molecule has 0 saturated heterocycles. The fourth-order valence-corrected chi connectivity index (χ4v) is 1.55. The van der Waals surface area contributed by atoms with Crippen molar-refractivity contribution in [2.75, 3.05) is 0 Å². The van der Waals surface area contributed by atoms with Crippen molar-refractivity contribution in [2.24, 2.45) is 5.73 Å². The van der Waals surface area contributed by atoms with Crippen molar-refractivity contribution in [1.82, 2.24) is 9.55 Å². The summed E-state index contributed by atoms with van der Waals surface area (Å²) in [7, 11) is 0. The van der Waals surface area contributed by atoms with Crippen LogP contribution in [0.1, 0.15) is 18.7 Å². The van der Waals surface area contributed by atoms with Crippen molar-refractivity contribution in [3.8, 4) is 5.69 Å². The normalized spacial score (nSPS) is 12.8. The third-order valence-electron chi connectivity index (χ3n) is 2.26. The van der Waals surface area contributed by atoms with Gasteiger partial charge in [-0.15, -0.1) is 0 Å². The average Bonchev–Trinajstić information content (AvgIpc) is 2.66. The average molecular weight is 240 g/mol. The van der Waals surface area contributed by atoms with Gasteiger partial charge in [-0.05, 0) is 25.1 Å². The maximum atomic E-state index is 13.6. The van der Waals surface area contributed by atoms with Gasteiger partial charge in [-0.25, -0.2) is 9.37 Å². The number of hydrogen-bond donors (Lipinski definition) is 1. The molecule has 0 aliphatic rings. The van der Waals surface area contributed by atoms with E-state index in [1.165, 1.54) is 12.4 Å². The van der Waals surface area contributed by atoms with Crippen molar-refractivity contribution in [3.05, 3.63) is 47.3 Å². The number of aromatic nitrogens is 2. The van der Waals surface area contributed by atoms with Gasteiger partial charge >= 0.3 is 0 Å². The molecule has 1 unspecified atom stereocenters. The fourth-order valence-electron chi connectivity index (χ4n) is 1.40. The Hall–Kier alpha value is -1.39. The molecule has 0 bridgehead atoms. The topological polar surface area (TPSA) is 43.8 Å². The molecule has 2 N–H and O–H groups in total. The molecule has 2 rings (SSSR count). The Kier molecular flexibility index (Phi) is 2.94. The zero-order valence-corrected chi connectivity index (χ0v) is 9.45. The van der Waals surface area contributed by atoms with Gasteiger partial charge in [0.1, 0.15) is 5.82 Å². The van der Waals surface area contributed by atoms with Crippen LogP contribution in [-0.2, 0) is 0 Å². The van der Waals surface area contributed by atoms with Crippen LogP contribution >= 0.6 is 11.6 Å². The molecule has 5 heteroatoms. The molecule has 0 radical (unpaired) electrons. The van der Waals surface area contributed by atoms with E-state index in [9.17, 15) is 4.39 Å². The van der Waals surface area contributed by atoms with Crippen LogP contribution in [0.2, 0.25) is 5.02 Å². The molecule has 0 amide bonds. The van der Waals surface area contributed by atoms with Crippen LogP contribution in [-0.4, -0.2) is 9.55 Å². The number of benzene rings is 1. The van der Waals surface area contributed by atoms with Crippen LogP contribution in [0.4, 0.5) is 4.39 Å². The van der Waals surface area contributed by atoms with E-state index < -0.39 is 0 Å². The molecule has 0 saturated carbocycles. The number of imidazole rings is 1. The largest absolute Gasteiger partial charge is 0.323 e. The molecule has 1 aromatic heterocycles. The molecule has 1 heterocycles. The molecule has 0 spiro atoms. The Labute approximate surface area is 97.7 Å². The van der Waals surface area contributed by atoms with Crippen LogP contribution in [0.3, 0.4) is 0 Å². The number of hydrogen-bond acceptors (Lipinski definition) is 2. The highest BCUT2D eigenvalue weighted by Crippen LogP contribution is 2.19. The Bertz CT molecular complexity index is 508. The highest BCUT2D eigenvalue weighted by molar-refractivity contribution is 6.30. The predicted octanol–water partition coefficient (Wildman–Crippen LogP) is 2.68. The van der Waals surface area contributed by atoms with E-state index in [0.717, 1.165) is 0 Å². The van der Waals surface area contributed by atoms with Crippen LogP contribution in [0.25, 0.3) is 5.69 Å². The van der Waals surface area contributed by atoms with Gasteiger partial charge in [-0.1, -0.05) is 11.6 Å². The Balaban J connectivity index is 2.42. The van der Waals surface area contributed by atoms with Gasteiger partial charge in [0.25, 0.3) is 0 Å². The van der Waals surface area contributed by atoms with Gasteiger partial charge in [0.05, 0.1) is 17.7 Å². The predicted molar refractivity (Wildman–Crippen MR) is 61.1 cm³/mol. The van der Waals surface area contributed by atoms with Crippen molar-refractivity contribution < 1.29 is 4.39 Å². The van der Waals surface area contributed by atoms with Crippen LogP contribution in [0.15, 0.2) is 30.7 Å². The molecule has 16 heavy (non-hydrogen) atoms. The maximum Gasteiger partial charge on any atom is 0.148 e. The van der Waals surface area contributed by atoms with E-state index in [-0.39, 0.29) is 11.9 Å². The summed E-state index contributed by atoms with van der Waals surface area (Å²) in [5.41, 5.74) is 6.80. The molecule has 84 valence electrons. The first-order valence-electron chi connectivity index (χ1n) is 4.83. The molecule has 0 aliphatic carbocycles. The molecule has 3 nitrogen and oxygen atoms in total. The minimum absolute atomic E-state index is 0.170. The van der Waals surface area contributed by atoms with Crippen molar-refractivity contribution in [1.29, 1.82) is 0 Å². The molecular formula is C11H11ClFN3. The number of halogens is 2. The Morgan fingerprint density at radius 2 is 2.25 bits per heavy atom. The quantitative estimate of drug-likeness (QED) is 0.876. The van der Waals surface area contributed by atoms with Gasteiger partial charge < -0.3 is 10.3 Å². The second kappa shape index (κ2) is 4.23. The molecule has 1 atom stereocenters. The zero-order valence-electron chi connectivity index (χ0n) is 8.69.